The van der Waals surface area contributed by atoms with Crippen molar-refractivity contribution in [1.82, 2.24) is 10.6 Å². The lowest BCUT2D eigenvalue weighted by molar-refractivity contribution is -0.121. The fourth-order valence-corrected chi connectivity index (χ4v) is 3.99. The van der Waals surface area contributed by atoms with E-state index in [4.69, 9.17) is 0 Å². The summed E-state index contributed by atoms with van der Waals surface area (Å²) < 4.78 is 0. The molecule has 0 saturated heterocycles. The molecule has 0 aromatic heterocycles. The molecule has 1 amide bonds. The molecule has 0 heterocycles. The first-order chi connectivity index (χ1) is 9.31. The maximum absolute atomic E-state index is 11.8. The van der Waals surface area contributed by atoms with Gasteiger partial charge < -0.3 is 10.6 Å². The van der Waals surface area contributed by atoms with E-state index in [0.29, 0.717) is 12.5 Å². The van der Waals surface area contributed by atoms with Crippen LogP contribution in [0.25, 0.3) is 0 Å². The lowest BCUT2D eigenvalue weighted by Crippen LogP contribution is -2.35. The number of rotatable bonds is 6. The molecule has 0 radical (unpaired) electrons. The Morgan fingerprint density at radius 2 is 2.00 bits per heavy atom. The van der Waals surface area contributed by atoms with E-state index in [1.165, 1.54) is 38.5 Å². The summed E-state index contributed by atoms with van der Waals surface area (Å²) in [6, 6.07) is 0.461. The quantitative estimate of drug-likeness (QED) is 0.569. The van der Waals surface area contributed by atoms with Crippen LogP contribution in [0.3, 0.4) is 0 Å². The molecule has 2 fully saturated rings. The molecule has 106 valence electrons. The van der Waals surface area contributed by atoms with Crippen LogP contribution < -0.4 is 10.6 Å². The second kappa shape index (κ2) is 6.08. The minimum Gasteiger partial charge on any atom is -0.353 e. The molecule has 3 aliphatic carbocycles. The highest BCUT2D eigenvalue weighted by atomic mass is 16.1. The van der Waals surface area contributed by atoms with Gasteiger partial charge in [-0.15, -0.1) is 0 Å². The van der Waals surface area contributed by atoms with Crippen LogP contribution in [0.5, 0.6) is 0 Å². The number of allylic oxidation sites excluding steroid dienone is 2. The van der Waals surface area contributed by atoms with Gasteiger partial charge in [-0.2, -0.15) is 0 Å². The van der Waals surface area contributed by atoms with E-state index in [1.54, 1.807) is 0 Å². The molecule has 3 rings (SSSR count). The molecule has 0 unspecified atom stereocenters. The topological polar surface area (TPSA) is 41.1 Å². The highest BCUT2D eigenvalue weighted by Gasteiger charge is 2.34. The van der Waals surface area contributed by atoms with E-state index >= 15 is 0 Å². The number of carbonyl (C=O) groups excluding carboxylic acids is 1. The molecule has 2 bridgehead atoms. The Labute approximate surface area is 116 Å². The molecular formula is C16H26N2O. The summed E-state index contributed by atoms with van der Waals surface area (Å²) in [4.78, 5) is 11.8. The lowest BCUT2D eigenvalue weighted by Gasteiger charge is -2.18. The Hall–Kier alpha value is -0.830. The molecule has 0 aliphatic heterocycles. The average molecular weight is 262 g/mol. The molecule has 0 spiro atoms. The van der Waals surface area contributed by atoms with Gasteiger partial charge in [0.05, 0.1) is 0 Å². The molecule has 3 heteroatoms. The number of amides is 1. The zero-order valence-corrected chi connectivity index (χ0v) is 11.7. The van der Waals surface area contributed by atoms with Crippen molar-refractivity contribution in [2.75, 3.05) is 13.1 Å². The Kier molecular flexibility index (Phi) is 4.21. The molecule has 0 aromatic rings. The van der Waals surface area contributed by atoms with Gasteiger partial charge in [-0.1, -0.05) is 25.0 Å². The molecule has 3 aliphatic rings. The van der Waals surface area contributed by atoms with Gasteiger partial charge in [0.2, 0.25) is 5.91 Å². The third kappa shape index (κ3) is 3.38. The van der Waals surface area contributed by atoms with Gasteiger partial charge in [-0.3, -0.25) is 4.79 Å². The highest BCUT2D eigenvalue weighted by Crippen LogP contribution is 2.42. The van der Waals surface area contributed by atoms with Crippen LogP contribution in [0.4, 0.5) is 0 Å². The van der Waals surface area contributed by atoms with Gasteiger partial charge in [-0.25, -0.2) is 0 Å². The summed E-state index contributed by atoms with van der Waals surface area (Å²) in [5.41, 5.74) is 0. The molecular weight excluding hydrogens is 236 g/mol. The van der Waals surface area contributed by atoms with Crippen molar-refractivity contribution in [3.05, 3.63) is 12.2 Å². The van der Waals surface area contributed by atoms with Crippen molar-refractivity contribution in [3.63, 3.8) is 0 Å². The second-order valence-electron chi connectivity index (χ2n) is 6.54. The van der Waals surface area contributed by atoms with E-state index in [9.17, 15) is 4.79 Å². The van der Waals surface area contributed by atoms with Crippen molar-refractivity contribution in [2.24, 2.45) is 17.8 Å². The van der Waals surface area contributed by atoms with Crippen LogP contribution in [0.2, 0.25) is 0 Å². The second-order valence-corrected chi connectivity index (χ2v) is 6.54. The van der Waals surface area contributed by atoms with E-state index in [2.05, 4.69) is 22.8 Å². The van der Waals surface area contributed by atoms with Crippen molar-refractivity contribution >= 4 is 5.91 Å². The van der Waals surface area contributed by atoms with Crippen molar-refractivity contribution < 1.29 is 4.79 Å². The first kappa shape index (κ1) is 13.2. The fourth-order valence-electron chi connectivity index (χ4n) is 3.99. The number of carbonyl (C=O) groups is 1. The molecule has 0 aromatic carbocycles. The van der Waals surface area contributed by atoms with Crippen molar-refractivity contribution in [3.8, 4) is 0 Å². The van der Waals surface area contributed by atoms with Crippen LogP contribution >= 0.6 is 0 Å². The van der Waals surface area contributed by atoms with Gasteiger partial charge in [0.1, 0.15) is 0 Å². The summed E-state index contributed by atoms with van der Waals surface area (Å²) in [6.45, 7) is 1.92. The van der Waals surface area contributed by atoms with Gasteiger partial charge in [0.25, 0.3) is 0 Å². The zero-order valence-electron chi connectivity index (χ0n) is 11.7. The van der Waals surface area contributed by atoms with Crippen LogP contribution in [0, 0.1) is 17.8 Å². The molecule has 2 N–H and O–H groups in total. The molecule has 2 saturated carbocycles. The highest BCUT2D eigenvalue weighted by molar-refractivity contribution is 5.76. The summed E-state index contributed by atoms with van der Waals surface area (Å²) in [7, 11) is 0. The average Bonchev–Trinajstić information content (AvgIpc) is 3.11. The molecule has 3 nitrogen and oxygen atoms in total. The SMILES string of the molecule is O=C(CCNC[C@H]1C[C@H]2C=C[C@H]1C2)NC1CCCC1. The normalized spacial score (nSPS) is 33.2. The van der Waals surface area contributed by atoms with E-state index < -0.39 is 0 Å². The van der Waals surface area contributed by atoms with Crippen LogP contribution in [-0.2, 0) is 4.79 Å². The van der Waals surface area contributed by atoms with Gasteiger partial charge in [0, 0.05) is 19.0 Å². The van der Waals surface area contributed by atoms with Crippen molar-refractivity contribution in [1.29, 1.82) is 0 Å². The summed E-state index contributed by atoms with van der Waals surface area (Å²) >= 11 is 0. The smallest absolute Gasteiger partial charge is 0.221 e. The number of nitrogens with one attached hydrogen (secondary N) is 2. The molecule has 3 atom stereocenters. The molecule has 19 heavy (non-hydrogen) atoms. The number of hydrogen-bond donors (Lipinski definition) is 2. The standard InChI is InChI=1S/C16H26N2O/c19-16(18-15-3-1-2-4-15)7-8-17-11-14-10-12-5-6-13(14)9-12/h5-6,12-15,17H,1-4,7-11H2,(H,18,19)/t12-,13-,14+/m0/s1. The van der Waals surface area contributed by atoms with Crippen LogP contribution in [0.15, 0.2) is 12.2 Å². The Morgan fingerprint density at radius 1 is 1.16 bits per heavy atom. The summed E-state index contributed by atoms with van der Waals surface area (Å²) in [5.74, 6) is 2.70. The number of hydrogen-bond acceptors (Lipinski definition) is 2. The first-order valence-electron chi connectivity index (χ1n) is 7.99. The van der Waals surface area contributed by atoms with Gasteiger partial charge in [-0.05, 0) is 50.0 Å². The van der Waals surface area contributed by atoms with Crippen LogP contribution in [-0.4, -0.2) is 25.0 Å². The van der Waals surface area contributed by atoms with Crippen LogP contribution in [0.1, 0.15) is 44.9 Å². The Morgan fingerprint density at radius 3 is 2.68 bits per heavy atom. The summed E-state index contributed by atoms with van der Waals surface area (Å²) in [5, 5.41) is 6.62. The monoisotopic (exact) mass is 262 g/mol. The maximum Gasteiger partial charge on any atom is 0.221 e. The van der Waals surface area contributed by atoms with E-state index in [0.717, 1.165) is 30.8 Å². The van der Waals surface area contributed by atoms with E-state index in [1.807, 2.05) is 0 Å². The first-order valence-corrected chi connectivity index (χ1v) is 7.99. The predicted molar refractivity (Wildman–Crippen MR) is 76.7 cm³/mol. The predicted octanol–water partition coefficient (Wildman–Crippen LogP) is 2.24. The zero-order chi connectivity index (χ0) is 13.1. The van der Waals surface area contributed by atoms with Gasteiger partial charge >= 0.3 is 0 Å². The third-order valence-electron chi connectivity index (χ3n) is 5.07. The third-order valence-corrected chi connectivity index (χ3v) is 5.07. The van der Waals surface area contributed by atoms with E-state index in [-0.39, 0.29) is 5.91 Å². The van der Waals surface area contributed by atoms with Gasteiger partial charge in [0.15, 0.2) is 0 Å². The largest absolute Gasteiger partial charge is 0.353 e. The minimum absolute atomic E-state index is 0.229. The Balaban J connectivity index is 1.26. The summed E-state index contributed by atoms with van der Waals surface area (Å²) in [6.07, 6.45) is 13.0. The lowest BCUT2D eigenvalue weighted by atomic mass is 9.94. The van der Waals surface area contributed by atoms with Crippen molar-refractivity contribution in [2.45, 2.75) is 51.0 Å². The maximum atomic E-state index is 11.8. The fraction of sp³-hybridized carbons (Fsp3) is 0.812. The minimum atomic E-state index is 0.229. The number of fused-ring (bicyclic) bond motifs is 2. The Bertz CT molecular complexity index is 347.